The molecule has 3 aromatic rings. The summed E-state index contributed by atoms with van der Waals surface area (Å²) in [5, 5.41) is 3.83. The van der Waals surface area contributed by atoms with Crippen molar-refractivity contribution in [2.24, 2.45) is 0 Å². The Kier molecular flexibility index (Phi) is 2.95. The lowest BCUT2D eigenvalue weighted by molar-refractivity contribution is 0.431. The van der Waals surface area contributed by atoms with E-state index < -0.39 is 0 Å². The van der Waals surface area contributed by atoms with Crippen LogP contribution in [0.2, 0.25) is 0 Å². The minimum Gasteiger partial charge on any atom is -0.399 e. The average molecular weight is 269 g/mol. The molecule has 0 atom stereocenters. The highest BCUT2D eigenvalue weighted by molar-refractivity contribution is 5.65. The number of halogens is 1. The van der Waals surface area contributed by atoms with E-state index in [1.165, 1.54) is 6.07 Å². The van der Waals surface area contributed by atoms with Gasteiger partial charge in [0.1, 0.15) is 5.82 Å². The van der Waals surface area contributed by atoms with Crippen LogP contribution in [-0.2, 0) is 0 Å². The predicted molar refractivity (Wildman–Crippen MR) is 74.3 cm³/mol. The lowest BCUT2D eigenvalue weighted by atomic mass is 10.1. The molecule has 3 rings (SSSR count). The zero-order valence-electron chi connectivity index (χ0n) is 10.8. The molecule has 100 valence electrons. The normalized spacial score (nSPS) is 10.7. The number of benzene rings is 2. The van der Waals surface area contributed by atoms with E-state index in [-0.39, 0.29) is 11.6 Å². The molecule has 4 nitrogen and oxygen atoms in total. The molecule has 1 heterocycles. The summed E-state index contributed by atoms with van der Waals surface area (Å²) in [6.07, 6.45) is 0. The minimum atomic E-state index is -0.381. The lowest BCUT2D eigenvalue weighted by Crippen LogP contribution is -1.89. The van der Waals surface area contributed by atoms with Crippen molar-refractivity contribution >= 4 is 5.69 Å². The summed E-state index contributed by atoms with van der Waals surface area (Å²) >= 11 is 0. The van der Waals surface area contributed by atoms with Gasteiger partial charge >= 0.3 is 0 Å². The van der Waals surface area contributed by atoms with Gasteiger partial charge in [0.15, 0.2) is 0 Å². The fourth-order valence-corrected chi connectivity index (χ4v) is 2.01. The van der Waals surface area contributed by atoms with Gasteiger partial charge in [-0.2, -0.15) is 4.98 Å². The van der Waals surface area contributed by atoms with E-state index in [2.05, 4.69) is 10.1 Å². The maximum absolute atomic E-state index is 13.7. The first-order valence-corrected chi connectivity index (χ1v) is 6.10. The molecule has 0 aliphatic carbocycles. The molecule has 0 unspecified atom stereocenters. The van der Waals surface area contributed by atoms with Gasteiger partial charge in [-0.25, -0.2) is 4.39 Å². The van der Waals surface area contributed by atoms with Gasteiger partial charge in [0.05, 0.1) is 5.56 Å². The second-order valence-electron chi connectivity index (χ2n) is 4.48. The Morgan fingerprint density at radius 2 is 1.90 bits per heavy atom. The van der Waals surface area contributed by atoms with Gasteiger partial charge < -0.3 is 10.3 Å². The second-order valence-corrected chi connectivity index (χ2v) is 4.48. The quantitative estimate of drug-likeness (QED) is 0.724. The third-order valence-electron chi connectivity index (χ3n) is 3.02. The van der Waals surface area contributed by atoms with Crippen LogP contribution in [0.15, 0.2) is 47.0 Å². The van der Waals surface area contributed by atoms with Crippen molar-refractivity contribution in [2.45, 2.75) is 6.92 Å². The van der Waals surface area contributed by atoms with Crippen molar-refractivity contribution in [3.8, 4) is 22.8 Å². The maximum atomic E-state index is 13.7. The standard InChI is InChI=1S/C15H12FN3O/c1-9-8-10(17)6-7-11(9)15-18-14(19-20-15)12-4-2-3-5-13(12)16/h2-8H,17H2,1H3. The van der Waals surface area contributed by atoms with Crippen molar-refractivity contribution in [2.75, 3.05) is 5.73 Å². The number of hydrogen-bond donors (Lipinski definition) is 1. The van der Waals surface area contributed by atoms with Crippen LogP contribution in [0.25, 0.3) is 22.8 Å². The highest BCUT2D eigenvalue weighted by Gasteiger charge is 2.14. The molecular weight excluding hydrogens is 257 g/mol. The molecular formula is C15H12FN3O. The average Bonchev–Trinajstić information content (AvgIpc) is 2.88. The molecule has 0 saturated heterocycles. The first kappa shape index (κ1) is 12.3. The van der Waals surface area contributed by atoms with E-state index in [9.17, 15) is 4.39 Å². The number of rotatable bonds is 2. The van der Waals surface area contributed by atoms with Crippen LogP contribution < -0.4 is 5.73 Å². The van der Waals surface area contributed by atoms with Gasteiger partial charge in [-0.3, -0.25) is 0 Å². The predicted octanol–water partition coefficient (Wildman–Crippen LogP) is 3.43. The highest BCUT2D eigenvalue weighted by atomic mass is 19.1. The summed E-state index contributed by atoms with van der Waals surface area (Å²) in [5.74, 6) is 0.198. The third-order valence-corrected chi connectivity index (χ3v) is 3.02. The number of nitrogens with two attached hydrogens (primary N) is 1. The SMILES string of the molecule is Cc1cc(N)ccc1-c1nc(-c2ccccc2F)no1. The Balaban J connectivity index is 2.04. The van der Waals surface area contributed by atoms with Crippen LogP contribution in [-0.4, -0.2) is 10.1 Å². The Morgan fingerprint density at radius 1 is 1.10 bits per heavy atom. The molecule has 0 radical (unpaired) electrons. The van der Waals surface area contributed by atoms with E-state index in [4.69, 9.17) is 10.3 Å². The number of aromatic nitrogens is 2. The molecule has 0 bridgehead atoms. The van der Waals surface area contributed by atoms with Gasteiger partial charge in [0, 0.05) is 11.3 Å². The van der Waals surface area contributed by atoms with Crippen LogP contribution in [0.5, 0.6) is 0 Å². The first-order valence-electron chi connectivity index (χ1n) is 6.10. The topological polar surface area (TPSA) is 64.9 Å². The molecule has 0 spiro atoms. The molecule has 0 saturated carbocycles. The van der Waals surface area contributed by atoms with Gasteiger partial charge in [-0.1, -0.05) is 17.3 Å². The molecule has 2 N–H and O–H groups in total. The fraction of sp³-hybridized carbons (Fsp3) is 0.0667. The molecule has 0 aliphatic rings. The van der Waals surface area contributed by atoms with Gasteiger partial charge in [-0.05, 0) is 42.8 Å². The molecule has 0 fully saturated rings. The fourth-order valence-electron chi connectivity index (χ4n) is 2.01. The zero-order chi connectivity index (χ0) is 14.1. The highest BCUT2D eigenvalue weighted by Crippen LogP contribution is 2.26. The van der Waals surface area contributed by atoms with E-state index in [0.29, 0.717) is 17.1 Å². The Hall–Kier alpha value is -2.69. The number of nitrogen functional groups attached to an aromatic ring is 1. The zero-order valence-corrected chi connectivity index (χ0v) is 10.8. The van der Waals surface area contributed by atoms with E-state index in [1.54, 1.807) is 24.3 Å². The van der Waals surface area contributed by atoms with Gasteiger partial charge in [-0.15, -0.1) is 0 Å². The van der Waals surface area contributed by atoms with Crippen molar-refractivity contribution in [3.05, 3.63) is 53.8 Å². The van der Waals surface area contributed by atoms with Crippen molar-refractivity contribution in [1.82, 2.24) is 10.1 Å². The summed E-state index contributed by atoms with van der Waals surface area (Å²) in [6, 6.07) is 11.7. The minimum absolute atomic E-state index is 0.231. The lowest BCUT2D eigenvalue weighted by Gasteiger charge is -2.01. The van der Waals surface area contributed by atoms with Gasteiger partial charge in [0.2, 0.25) is 5.82 Å². The van der Waals surface area contributed by atoms with Crippen molar-refractivity contribution in [1.29, 1.82) is 0 Å². The Bertz CT molecular complexity index is 767. The number of nitrogens with zero attached hydrogens (tertiary/aromatic N) is 2. The smallest absolute Gasteiger partial charge is 0.258 e. The monoisotopic (exact) mass is 269 g/mol. The number of anilines is 1. The van der Waals surface area contributed by atoms with Crippen LogP contribution in [0.4, 0.5) is 10.1 Å². The van der Waals surface area contributed by atoms with Crippen LogP contribution in [0.3, 0.4) is 0 Å². The first-order chi connectivity index (χ1) is 9.65. The van der Waals surface area contributed by atoms with Crippen molar-refractivity contribution in [3.63, 3.8) is 0 Å². The number of hydrogen-bond acceptors (Lipinski definition) is 4. The van der Waals surface area contributed by atoms with E-state index >= 15 is 0 Å². The van der Waals surface area contributed by atoms with E-state index in [0.717, 1.165) is 11.1 Å². The maximum Gasteiger partial charge on any atom is 0.258 e. The number of aryl methyl sites for hydroxylation is 1. The summed E-state index contributed by atoms with van der Waals surface area (Å²) < 4.78 is 18.9. The Morgan fingerprint density at radius 3 is 2.65 bits per heavy atom. The molecule has 0 amide bonds. The largest absolute Gasteiger partial charge is 0.399 e. The summed E-state index contributed by atoms with van der Waals surface area (Å²) in [4.78, 5) is 4.24. The van der Waals surface area contributed by atoms with Crippen LogP contribution in [0, 0.1) is 12.7 Å². The Labute approximate surface area is 115 Å². The molecule has 2 aromatic carbocycles. The summed E-state index contributed by atoms with van der Waals surface area (Å²) in [6.45, 7) is 1.90. The molecule has 20 heavy (non-hydrogen) atoms. The summed E-state index contributed by atoms with van der Waals surface area (Å²) in [5.41, 5.74) is 8.40. The van der Waals surface area contributed by atoms with Crippen LogP contribution in [0.1, 0.15) is 5.56 Å². The summed E-state index contributed by atoms with van der Waals surface area (Å²) in [7, 11) is 0. The molecule has 5 heteroatoms. The molecule has 1 aromatic heterocycles. The second kappa shape index (κ2) is 4.77. The van der Waals surface area contributed by atoms with Crippen LogP contribution >= 0.6 is 0 Å². The van der Waals surface area contributed by atoms with Crippen molar-refractivity contribution < 1.29 is 8.91 Å². The van der Waals surface area contributed by atoms with E-state index in [1.807, 2.05) is 19.1 Å². The van der Waals surface area contributed by atoms with Gasteiger partial charge in [0.25, 0.3) is 5.89 Å². The molecule has 0 aliphatic heterocycles. The third kappa shape index (κ3) is 2.14.